The summed E-state index contributed by atoms with van der Waals surface area (Å²) in [5.41, 5.74) is 5.27. The van der Waals surface area contributed by atoms with E-state index in [4.69, 9.17) is 5.26 Å². The van der Waals surface area contributed by atoms with Gasteiger partial charge in [-0.15, -0.1) is 0 Å². The van der Waals surface area contributed by atoms with E-state index < -0.39 is 0 Å². The van der Waals surface area contributed by atoms with E-state index in [1.54, 1.807) is 12.1 Å². The Hall–Kier alpha value is -2.60. The SMILES string of the molecule is Cc1ccc2c(c1)N(C(=O)CCc1ccc(C#N)cc1)CC2. The van der Waals surface area contributed by atoms with Crippen LogP contribution in [0.5, 0.6) is 0 Å². The van der Waals surface area contributed by atoms with Crippen LogP contribution >= 0.6 is 0 Å². The Balaban J connectivity index is 1.66. The summed E-state index contributed by atoms with van der Waals surface area (Å²) in [6, 6.07) is 15.9. The van der Waals surface area contributed by atoms with Gasteiger partial charge in [-0.3, -0.25) is 4.79 Å². The Morgan fingerprint density at radius 1 is 1.23 bits per heavy atom. The number of amides is 1. The molecule has 0 saturated heterocycles. The second kappa shape index (κ2) is 6.03. The largest absolute Gasteiger partial charge is 0.312 e. The van der Waals surface area contributed by atoms with E-state index in [9.17, 15) is 4.79 Å². The fourth-order valence-corrected chi connectivity index (χ4v) is 2.88. The lowest BCUT2D eigenvalue weighted by Gasteiger charge is -2.17. The minimum absolute atomic E-state index is 0.175. The van der Waals surface area contributed by atoms with Gasteiger partial charge >= 0.3 is 0 Å². The molecule has 0 aliphatic carbocycles. The van der Waals surface area contributed by atoms with E-state index in [-0.39, 0.29) is 5.91 Å². The number of hydrogen-bond donors (Lipinski definition) is 0. The molecule has 0 radical (unpaired) electrons. The average Bonchev–Trinajstić information content (AvgIpc) is 2.96. The van der Waals surface area contributed by atoms with Gasteiger partial charge in [0.25, 0.3) is 0 Å². The molecular formula is C19H18N2O. The van der Waals surface area contributed by atoms with Crippen LogP contribution in [0, 0.1) is 18.3 Å². The molecule has 22 heavy (non-hydrogen) atoms. The summed E-state index contributed by atoms with van der Waals surface area (Å²) in [6.45, 7) is 2.84. The normalized spacial score (nSPS) is 12.8. The quantitative estimate of drug-likeness (QED) is 0.869. The van der Waals surface area contributed by atoms with Crippen molar-refractivity contribution in [1.29, 1.82) is 5.26 Å². The topological polar surface area (TPSA) is 44.1 Å². The van der Waals surface area contributed by atoms with Crippen LogP contribution in [0.2, 0.25) is 0 Å². The maximum absolute atomic E-state index is 12.5. The van der Waals surface area contributed by atoms with Crippen molar-refractivity contribution in [2.75, 3.05) is 11.4 Å². The summed E-state index contributed by atoms with van der Waals surface area (Å²) in [5.74, 6) is 0.175. The first-order valence-corrected chi connectivity index (χ1v) is 7.56. The maximum atomic E-state index is 12.5. The number of carbonyl (C=O) groups is 1. The van der Waals surface area contributed by atoms with Crippen LogP contribution in [0.15, 0.2) is 42.5 Å². The molecular weight excluding hydrogens is 272 g/mol. The Kier molecular flexibility index (Phi) is 3.93. The first-order valence-electron chi connectivity index (χ1n) is 7.56. The third-order valence-electron chi connectivity index (χ3n) is 4.15. The predicted molar refractivity (Wildman–Crippen MR) is 86.7 cm³/mol. The van der Waals surface area contributed by atoms with Crippen molar-refractivity contribution >= 4 is 11.6 Å². The number of nitriles is 1. The zero-order valence-electron chi connectivity index (χ0n) is 12.7. The van der Waals surface area contributed by atoms with Gasteiger partial charge < -0.3 is 4.90 Å². The Morgan fingerprint density at radius 3 is 2.73 bits per heavy atom. The van der Waals surface area contributed by atoms with Crippen LogP contribution in [0.3, 0.4) is 0 Å². The van der Waals surface area contributed by atoms with E-state index in [0.717, 1.165) is 24.2 Å². The van der Waals surface area contributed by atoms with Gasteiger partial charge in [-0.05, 0) is 54.7 Å². The highest BCUT2D eigenvalue weighted by Gasteiger charge is 2.24. The molecule has 1 amide bonds. The molecule has 3 nitrogen and oxygen atoms in total. The molecule has 110 valence electrons. The maximum Gasteiger partial charge on any atom is 0.227 e. The van der Waals surface area contributed by atoms with Crippen molar-refractivity contribution in [2.45, 2.75) is 26.2 Å². The third kappa shape index (κ3) is 2.87. The van der Waals surface area contributed by atoms with Crippen molar-refractivity contribution in [2.24, 2.45) is 0 Å². The molecule has 0 saturated carbocycles. The Labute approximate surface area is 130 Å². The molecule has 0 N–H and O–H groups in total. The zero-order chi connectivity index (χ0) is 15.5. The van der Waals surface area contributed by atoms with Gasteiger partial charge in [0.1, 0.15) is 0 Å². The average molecular weight is 290 g/mol. The monoisotopic (exact) mass is 290 g/mol. The number of aryl methyl sites for hydroxylation is 2. The number of hydrogen-bond acceptors (Lipinski definition) is 2. The molecule has 0 spiro atoms. The number of fused-ring (bicyclic) bond motifs is 1. The fraction of sp³-hybridized carbons (Fsp3) is 0.263. The molecule has 0 atom stereocenters. The summed E-state index contributed by atoms with van der Waals surface area (Å²) in [5, 5.41) is 8.79. The highest BCUT2D eigenvalue weighted by molar-refractivity contribution is 5.95. The van der Waals surface area contributed by atoms with Crippen LogP contribution < -0.4 is 4.90 Å². The molecule has 2 aromatic carbocycles. The highest BCUT2D eigenvalue weighted by Crippen LogP contribution is 2.29. The third-order valence-corrected chi connectivity index (χ3v) is 4.15. The molecule has 0 fully saturated rings. The number of benzene rings is 2. The van der Waals surface area contributed by atoms with E-state index in [2.05, 4.69) is 31.2 Å². The number of carbonyl (C=O) groups excluding carboxylic acids is 1. The van der Waals surface area contributed by atoms with Crippen molar-refractivity contribution in [3.8, 4) is 6.07 Å². The van der Waals surface area contributed by atoms with Crippen molar-refractivity contribution in [3.05, 3.63) is 64.7 Å². The van der Waals surface area contributed by atoms with E-state index >= 15 is 0 Å². The van der Waals surface area contributed by atoms with Crippen LogP contribution in [-0.4, -0.2) is 12.5 Å². The summed E-state index contributed by atoms with van der Waals surface area (Å²) in [7, 11) is 0. The van der Waals surface area contributed by atoms with Crippen LogP contribution in [0.25, 0.3) is 0 Å². The standard InChI is InChI=1S/C19H18N2O/c1-14-2-8-17-10-11-21(18(17)12-14)19(22)9-7-15-3-5-16(13-20)6-4-15/h2-6,8,12H,7,9-11H2,1H3. The molecule has 1 aliphatic rings. The lowest BCUT2D eigenvalue weighted by molar-refractivity contribution is -0.118. The van der Waals surface area contributed by atoms with Gasteiger partial charge in [0.05, 0.1) is 11.6 Å². The van der Waals surface area contributed by atoms with Gasteiger partial charge in [0.15, 0.2) is 0 Å². The smallest absolute Gasteiger partial charge is 0.227 e. The van der Waals surface area contributed by atoms with Gasteiger partial charge in [-0.2, -0.15) is 5.26 Å². The minimum atomic E-state index is 0.175. The van der Waals surface area contributed by atoms with Crippen molar-refractivity contribution in [1.82, 2.24) is 0 Å². The molecule has 1 aliphatic heterocycles. The molecule has 1 heterocycles. The summed E-state index contributed by atoms with van der Waals surface area (Å²) >= 11 is 0. The number of nitrogens with zero attached hydrogens (tertiary/aromatic N) is 2. The predicted octanol–water partition coefficient (Wildman–Crippen LogP) is 3.39. The molecule has 0 unspecified atom stereocenters. The summed E-state index contributed by atoms with van der Waals surface area (Å²) < 4.78 is 0. The lowest BCUT2D eigenvalue weighted by atomic mass is 10.1. The summed E-state index contributed by atoms with van der Waals surface area (Å²) in [6.07, 6.45) is 2.15. The van der Waals surface area contributed by atoms with Crippen LogP contribution in [-0.2, 0) is 17.6 Å². The van der Waals surface area contributed by atoms with Crippen LogP contribution in [0.1, 0.15) is 28.7 Å². The van der Waals surface area contributed by atoms with Gasteiger partial charge in [-0.25, -0.2) is 0 Å². The van der Waals surface area contributed by atoms with Crippen LogP contribution in [0.4, 0.5) is 5.69 Å². The minimum Gasteiger partial charge on any atom is -0.312 e. The first kappa shape index (κ1) is 14.3. The highest BCUT2D eigenvalue weighted by atomic mass is 16.2. The fourth-order valence-electron chi connectivity index (χ4n) is 2.88. The Bertz CT molecular complexity index is 741. The molecule has 0 aromatic heterocycles. The summed E-state index contributed by atoms with van der Waals surface area (Å²) in [4.78, 5) is 14.4. The molecule has 3 rings (SSSR count). The second-order valence-electron chi connectivity index (χ2n) is 5.74. The van der Waals surface area contributed by atoms with Crippen molar-refractivity contribution < 1.29 is 4.79 Å². The Morgan fingerprint density at radius 2 is 2.00 bits per heavy atom. The van der Waals surface area contributed by atoms with E-state index in [0.29, 0.717) is 18.4 Å². The number of anilines is 1. The molecule has 3 heteroatoms. The molecule has 2 aromatic rings. The van der Waals surface area contributed by atoms with E-state index in [1.807, 2.05) is 17.0 Å². The molecule has 0 bridgehead atoms. The lowest BCUT2D eigenvalue weighted by Crippen LogP contribution is -2.29. The van der Waals surface area contributed by atoms with Gasteiger partial charge in [0.2, 0.25) is 5.91 Å². The number of rotatable bonds is 3. The van der Waals surface area contributed by atoms with E-state index in [1.165, 1.54) is 11.1 Å². The zero-order valence-corrected chi connectivity index (χ0v) is 12.7. The second-order valence-corrected chi connectivity index (χ2v) is 5.74. The first-order chi connectivity index (χ1) is 10.7. The van der Waals surface area contributed by atoms with Crippen molar-refractivity contribution in [3.63, 3.8) is 0 Å². The van der Waals surface area contributed by atoms with Gasteiger partial charge in [-0.1, -0.05) is 24.3 Å². The van der Waals surface area contributed by atoms with Gasteiger partial charge in [0, 0.05) is 18.7 Å².